The van der Waals surface area contributed by atoms with Crippen LogP contribution >= 0.6 is 0 Å². The maximum atomic E-state index is 11.6. The van der Waals surface area contributed by atoms with Crippen molar-refractivity contribution in [1.82, 2.24) is 14.5 Å². The second kappa shape index (κ2) is 8.55. The van der Waals surface area contributed by atoms with E-state index < -0.39 is 10.0 Å². The highest BCUT2D eigenvalue weighted by Crippen LogP contribution is 2.09. The van der Waals surface area contributed by atoms with E-state index in [2.05, 4.69) is 10.3 Å². The summed E-state index contributed by atoms with van der Waals surface area (Å²) in [5.74, 6) is 0.927. The van der Waals surface area contributed by atoms with Crippen molar-refractivity contribution in [1.29, 1.82) is 0 Å². The van der Waals surface area contributed by atoms with Crippen molar-refractivity contribution in [2.24, 2.45) is 4.99 Å². The summed E-state index contributed by atoms with van der Waals surface area (Å²) in [6.07, 6.45) is 1.16. The lowest BCUT2D eigenvalue weighted by atomic mass is 10.3. The fourth-order valence-corrected chi connectivity index (χ4v) is 3.05. The Kier molecular flexibility index (Phi) is 7.41. The molecule has 0 radical (unpaired) electrons. The lowest BCUT2D eigenvalue weighted by Crippen LogP contribution is -2.40. The van der Waals surface area contributed by atoms with Crippen LogP contribution in [0.25, 0.3) is 0 Å². The molecule has 0 unspecified atom stereocenters. The van der Waals surface area contributed by atoms with E-state index in [9.17, 15) is 13.5 Å². The third kappa shape index (κ3) is 5.80. The normalized spacial score (nSPS) is 20.3. The maximum absolute atomic E-state index is 11.6. The Labute approximate surface area is 128 Å². The fourth-order valence-electron chi connectivity index (χ4n) is 2.20. The van der Waals surface area contributed by atoms with Gasteiger partial charge in [0.15, 0.2) is 5.96 Å². The van der Waals surface area contributed by atoms with E-state index >= 15 is 0 Å². The average molecular weight is 320 g/mol. The van der Waals surface area contributed by atoms with Crippen molar-refractivity contribution in [3.8, 4) is 0 Å². The third-order valence-corrected chi connectivity index (χ3v) is 5.39. The zero-order chi connectivity index (χ0) is 15.9. The molecule has 21 heavy (non-hydrogen) atoms. The number of nitrogens with one attached hydrogen (secondary N) is 1. The second-order valence-corrected chi connectivity index (χ2v) is 7.56. The molecule has 0 saturated carbocycles. The minimum atomic E-state index is -3.11. The van der Waals surface area contributed by atoms with Crippen molar-refractivity contribution < 1.29 is 13.5 Å². The van der Waals surface area contributed by atoms with E-state index in [0.717, 1.165) is 25.5 Å². The molecule has 1 aliphatic heterocycles. The molecule has 2 N–H and O–H groups in total. The van der Waals surface area contributed by atoms with Gasteiger partial charge in [0.2, 0.25) is 10.0 Å². The van der Waals surface area contributed by atoms with Crippen LogP contribution in [0.5, 0.6) is 0 Å². The number of sulfonamides is 1. The molecular weight excluding hydrogens is 292 g/mol. The van der Waals surface area contributed by atoms with Crippen LogP contribution in [0.3, 0.4) is 0 Å². The van der Waals surface area contributed by atoms with Crippen LogP contribution in [0.4, 0.5) is 0 Å². The van der Waals surface area contributed by atoms with Gasteiger partial charge in [-0.3, -0.25) is 4.99 Å². The molecule has 1 fully saturated rings. The number of hydrogen-bond acceptors (Lipinski definition) is 4. The molecule has 8 heteroatoms. The van der Waals surface area contributed by atoms with Crippen molar-refractivity contribution in [2.75, 3.05) is 45.5 Å². The molecule has 1 atom stereocenters. The van der Waals surface area contributed by atoms with Crippen LogP contribution < -0.4 is 5.32 Å². The number of rotatable bonds is 7. The van der Waals surface area contributed by atoms with E-state index in [4.69, 9.17) is 0 Å². The first-order chi connectivity index (χ1) is 9.90. The number of β-amino-alcohol motifs (C(OH)–C–C–N with tert-alkyl or cyclic N) is 1. The molecule has 0 aliphatic carbocycles. The van der Waals surface area contributed by atoms with Crippen LogP contribution in [-0.2, 0) is 10.0 Å². The van der Waals surface area contributed by atoms with Gasteiger partial charge >= 0.3 is 0 Å². The van der Waals surface area contributed by atoms with Gasteiger partial charge in [-0.05, 0) is 26.7 Å². The summed E-state index contributed by atoms with van der Waals surface area (Å²) in [5.41, 5.74) is 0. The number of aliphatic hydroxyl groups is 1. The van der Waals surface area contributed by atoms with Crippen LogP contribution in [0, 0.1) is 0 Å². The monoisotopic (exact) mass is 320 g/mol. The van der Waals surface area contributed by atoms with Gasteiger partial charge in [-0.15, -0.1) is 0 Å². The summed E-state index contributed by atoms with van der Waals surface area (Å²) in [6, 6.07) is 0. The first-order valence-electron chi connectivity index (χ1n) is 7.56. The van der Waals surface area contributed by atoms with E-state index in [0.29, 0.717) is 26.1 Å². The van der Waals surface area contributed by atoms with Gasteiger partial charge < -0.3 is 15.3 Å². The predicted octanol–water partition coefficient (Wildman–Crippen LogP) is -0.310. The minimum absolute atomic E-state index is 0.126. The molecule has 1 rings (SSSR count). The van der Waals surface area contributed by atoms with Gasteiger partial charge in [-0.2, -0.15) is 0 Å². The molecule has 0 bridgehead atoms. The molecule has 0 aromatic heterocycles. The summed E-state index contributed by atoms with van der Waals surface area (Å²) >= 11 is 0. The Balaban J connectivity index is 2.45. The lowest BCUT2D eigenvalue weighted by molar-refractivity contribution is 0.188. The lowest BCUT2D eigenvalue weighted by Gasteiger charge is -2.21. The van der Waals surface area contributed by atoms with Gasteiger partial charge in [0.05, 0.1) is 11.9 Å². The van der Waals surface area contributed by atoms with Crippen molar-refractivity contribution >= 4 is 16.0 Å². The van der Waals surface area contributed by atoms with Crippen molar-refractivity contribution in [2.45, 2.75) is 32.8 Å². The standard InChI is InChI=1S/C13H28N4O3S/c1-4-14-13(17-10-7-12(18)11-17)15-8-6-9-16(3)21(19,20)5-2/h12,18H,4-11H2,1-3H3,(H,14,15)/t12-/m1/s1. The summed E-state index contributed by atoms with van der Waals surface area (Å²) in [7, 11) is -1.50. The smallest absolute Gasteiger partial charge is 0.213 e. The SMILES string of the molecule is CCNC(=NCCCN(C)S(=O)(=O)CC)N1CC[C@@H](O)C1. The Hall–Kier alpha value is -0.860. The Morgan fingerprint density at radius 3 is 2.71 bits per heavy atom. The average Bonchev–Trinajstić information content (AvgIpc) is 2.88. The molecule has 124 valence electrons. The van der Waals surface area contributed by atoms with Gasteiger partial charge in [0, 0.05) is 39.8 Å². The number of nitrogens with zero attached hydrogens (tertiary/aromatic N) is 3. The Bertz CT molecular complexity index is 439. The molecule has 7 nitrogen and oxygen atoms in total. The minimum Gasteiger partial charge on any atom is -0.391 e. The Morgan fingerprint density at radius 1 is 1.48 bits per heavy atom. The van der Waals surface area contributed by atoms with Gasteiger partial charge in [-0.25, -0.2) is 12.7 Å². The van der Waals surface area contributed by atoms with Crippen LogP contribution in [0.2, 0.25) is 0 Å². The molecule has 1 heterocycles. The molecule has 1 aliphatic rings. The fraction of sp³-hybridized carbons (Fsp3) is 0.923. The summed E-state index contributed by atoms with van der Waals surface area (Å²) in [6.45, 7) is 6.87. The van der Waals surface area contributed by atoms with Crippen LogP contribution in [0.15, 0.2) is 4.99 Å². The number of hydrogen-bond donors (Lipinski definition) is 2. The molecule has 1 saturated heterocycles. The maximum Gasteiger partial charge on any atom is 0.213 e. The van der Waals surface area contributed by atoms with E-state index in [1.807, 2.05) is 11.8 Å². The molecule has 0 aromatic rings. The van der Waals surface area contributed by atoms with E-state index in [-0.39, 0.29) is 11.9 Å². The number of likely N-dealkylation sites (tertiary alicyclic amines) is 1. The quantitative estimate of drug-likeness (QED) is 0.382. The number of guanidine groups is 1. The summed E-state index contributed by atoms with van der Waals surface area (Å²) in [5, 5.41) is 12.8. The summed E-state index contributed by atoms with van der Waals surface area (Å²) < 4.78 is 24.6. The van der Waals surface area contributed by atoms with Gasteiger partial charge in [0.1, 0.15) is 0 Å². The van der Waals surface area contributed by atoms with Gasteiger partial charge in [0.25, 0.3) is 0 Å². The number of aliphatic imine (C=N–C) groups is 1. The zero-order valence-corrected chi connectivity index (χ0v) is 14.1. The summed E-state index contributed by atoms with van der Waals surface area (Å²) in [4.78, 5) is 6.55. The highest BCUT2D eigenvalue weighted by Gasteiger charge is 2.22. The molecule has 0 amide bonds. The van der Waals surface area contributed by atoms with E-state index in [1.165, 1.54) is 4.31 Å². The molecular formula is C13H28N4O3S. The first kappa shape index (κ1) is 18.2. The predicted molar refractivity (Wildman–Crippen MR) is 84.9 cm³/mol. The van der Waals surface area contributed by atoms with Gasteiger partial charge in [-0.1, -0.05) is 0 Å². The molecule has 0 spiro atoms. The van der Waals surface area contributed by atoms with Crippen LogP contribution in [-0.4, -0.2) is 80.3 Å². The van der Waals surface area contributed by atoms with Crippen molar-refractivity contribution in [3.63, 3.8) is 0 Å². The zero-order valence-electron chi connectivity index (χ0n) is 13.2. The Morgan fingerprint density at radius 2 is 2.19 bits per heavy atom. The highest BCUT2D eigenvalue weighted by atomic mass is 32.2. The second-order valence-electron chi connectivity index (χ2n) is 5.20. The van der Waals surface area contributed by atoms with E-state index in [1.54, 1.807) is 14.0 Å². The molecule has 0 aromatic carbocycles. The van der Waals surface area contributed by atoms with Crippen molar-refractivity contribution in [3.05, 3.63) is 0 Å². The highest BCUT2D eigenvalue weighted by molar-refractivity contribution is 7.89. The first-order valence-corrected chi connectivity index (χ1v) is 9.17. The third-order valence-electron chi connectivity index (χ3n) is 3.53. The largest absolute Gasteiger partial charge is 0.391 e. The number of aliphatic hydroxyl groups excluding tert-OH is 1. The van der Waals surface area contributed by atoms with Crippen LogP contribution in [0.1, 0.15) is 26.7 Å². The topological polar surface area (TPSA) is 85.2 Å².